The largest absolute Gasteiger partial charge is 0.355 e. The predicted molar refractivity (Wildman–Crippen MR) is 120 cm³/mol. The predicted octanol–water partition coefficient (Wildman–Crippen LogP) is 2.66. The Kier molecular flexibility index (Phi) is 9.97. The number of rotatable bonds is 11. The summed E-state index contributed by atoms with van der Waals surface area (Å²) in [5, 5.41) is 2.76. The van der Waals surface area contributed by atoms with Crippen LogP contribution < -0.4 is 10.0 Å². The van der Waals surface area contributed by atoms with Gasteiger partial charge in [-0.05, 0) is 75.3 Å². The molecule has 0 radical (unpaired) electrons. The van der Waals surface area contributed by atoms with E-state index in [2.05, 4.69) is 10.0 Å². The molecule has 0 heterocycles. The van der Waals surface area contributed by atoms with Crippen molar-refractivity contribution >= 4 is 21.8 Å². The van der Waals surface area contributed by atoms with Crippen LogP contribution in [-0.2, 0) is 19.6 Å². The van der Waals surface area contributed by atoms with E-state index >= 15 is 0 Å². The highest BCUT2D eigenvalue weighted by Crippen LogP contribution is 2.29. The lowest BCUT2D eigenvalue weighted by molar-refractivity contribution is -0.136. The number of sulfonamides is 1. The lowest BCUT2D eigenvalue weighted by Crippen LogP contribution is -2.42. The zero-order chi connectivity index (χ0) is 23.1. The molecule has 0 spiro atoms. The third kappa shape index (κ3) is 6.54. The quantitative estimate of drug-likeness (QED) is 0.554. The van der Waals surface area contributed by atoms with Crippen LogP contribution in [0.2, 0.25) is 0 Å². The van der Waals surface area contributed by atoms with E-state index in [1.807, 2.05) is 48.5 Å². The maximum atomic E-state index is 13.0. The van der Waals surface area contributed by atoms with Crippen molar-refractivity contribution in [2.24, 2.45) is 0 Å². The molecule has 2 amide bonds. The van der Waals surface area contributed by atoms with Gasteiger partial charge >= 0.3 is 0 Å². The highest BCUT2D eigenvalue weighted by atomic mass is 32.2. The molecule has 30 heavy (non-hydrogen) atoms. The molecule has 0 saturated heterocycles. The van der Waals surface area contributed by atoms with Gasteiger partial charge in [0.05, 0.1) is 11.4 Å². The minimum atomic E-state index is -3.75. The lowest BCUT2D eigenvalue weighted by Gasteiger charge is -2.22. The van der Waals surface area contributed by atoms with Gasteiger partial charge in [-0.25, -0.2) is 13.1 Å². The average molecular weight is 440 g/mol. The number of nitrogens with zero attached hydrogens (tertiary/aromatic N) is 1. The molecule has 7 nitrogen and oxygen atoms in total. The van der Waals surface area contributed by atoms with Gasteiger partial charge in [-0.15, -0.1) is 0 Å². The van der Waals surface area contributed by atoms with E-state index in [0.29, 0.717) is 18.0 Å². The summed E-state index contributed by atoms with van der Waals surface area (Å²) in [4.78, 5) is 26.3. The molecule has 0 unspecified atom stereocenters. The molecule has 0 aliphatic rings. The van der Waals surface area contributed by atoms with Crippen LogP contribution in [0.1, 0.15) is 60.9 Å². The first-order valence-electron chi connectivity index (χ1n) is 10.6. The summed E-state index contributed by atoms with van der Waals surface area (Å²) in [6.45, 7) is 14.4. The molecule has 8 heteroatoms. The van der Waals surface area contributed by atoms with Gasteiger partial charge in [0.1, 0.15) is 0 Å². The molecule has 170 valence electrons. The minimum absolute atomic E-state index is 0.00219. The molecule has 0 aliphatic heterocycles. The van der Waals surface area contributed by atoms with Crippen LogP contribution in [0, 0.1) is 34.6 Å². The Balaban J connectivity index is 2.86. The van der Waals surface area contributed by atoms with Gasteiger partial charge < -0.3 is 10.2 Å². The zero-order valence-electron chi connectivity index (χ0n) is 19.4. The van der Waals surface area contributed by atoms with Crippen LogP contribution in [0.5, 0.6) is 0 Å². The molecule has 0 atom stereocenters. The lowest BCUT2D eigenvalue weighted by atomic mass is 9.95. The monoisotopic (exact) mass is 439 g/mol. The second-order valence-corrected chi connectivity index (χ2v) is 9.47. The Morgan fingerprint density at radius 2 is 1.37 bits per heavy atom. The Hall–Kier alpha value is -1.93. The summed E-state index contributed by atoms with van der Waals surface area (Å²) in [6, 6.07) is 0. The van der Waals surface area contributed by atoms with Gasteiger partial charge in [0.25, 0.3) is 0 Å². The molecule has 0 aliphatic carbocycles. The van der Waals surface area contributed by atoms with E-state index in [4.69, 9.17) is 0 Å². The topological polar surface area (TPSA) is 95.6 Å². The fraction of sp³-hybridized carbons (Fsp3) is 0.636. The van der Waals surface area contributed by atoms with Crippen LogP contribution in [-0.4, -0.2) is 51.3 Å². The number of hydrogen-bond acceptors (Lipinski definition) is 4. The summed E-state index contributed by atoms with van der Waals surface area (Å²) < 4.78 is 28.5. The van der Waals surface area contributed by atoms with Gasteiger partial charge in [0.2, 0.25) is 21.8 Å². The van der Waals surface area contributed by atoms with Crippen molar-refractivity contribution in [3.8, 4) is 0 Å². The van der Waals surface area contributed by atoms with Crippen molar-refractivity contribution in [3.05, 3.63) is 27.8 Å². The normalized spacial score (nSPS) is 11.4. The second kappa shape index (κ2) is 11.5. The number of benzene rings is 1. The standard InChI is InChI=1S/C22H37N3O4S/c1-8-11-23-20(26)14-25(13-9-2)21(27)10-12-24-30(28,29)22-18(6)16(4)15(3)17(5)19(22)7/h24H,8-14H2,1-7H3,(H,23,26). The summed E-state index contributed by atoms with van der Waals surface area (Å²) in [5.41, 5.74) is 4.48. The van der Waals surface area contributed by atoms with Crippen molar-refractivity contribution in [1.82, 2.24) is 14.9 Å². The summed E-state index contributed by atoms with van der Waals surface area (Å²) in [7, 11) is -3.75. The average Bonchev–Trinajstić information content (AvgIpc) is 2.68. The Labute approximate surface area is 181 Å². The van der Waals surface area contributed by atoms with E-state index in [9.17, 15) is 18.0 Å². The fourth-order valence-corrected chi connectivity index (χ4v) is 5.07. The smallest absolute Gasteiger partial charge is 0.241 e. The van der Waals surface area contributed by atoms with E-state index < -0.39 is 10.0 Å². The van der Waals surface area contributed by atoms with E-state index in [-0.39, 0.29) is 31.3 Å². The minimum Gasteiger partial charge on any atom is -0.355 e. The number of hydrogen-bond donors (Lipinski definition) is 2. The maximum absolute atomic E-state index is 13.0. The van der Waals surface area contributed by atoms with Crippen molar-refractivity contribution in [3.63, 3.8) is 0 Å². The third-order valence-corrected chi connectivity index (χ3v) is 7.32. The summed E-state index contributed by atoms with van der Waals surface area (Å²) in [5.74, 6) is -0.438. The summed E-state index contributed by atoms with van der Waals surface area (Å²) >= 11 is 0. The molecule has 0 saturated carbocycles. The SMILES string of the molecule is CCCNC(=O)CN(CCC)C(=O)CCNS(=O)(=O)c1c(C)c(C)c(C)c(C)c1C. The molecule has 0 fully saturated rings. The molecule has 0 bridgehead atoms. The van der Waals surface area contributed by atoms with E-state index in [1.54, 1.807) is 0 Å². The van der Waals surface area contributed by atoms with Gasteiger partial charge in [-0.3, -0.25) is 9.59 Å². The molecular formula is C22H37N3O4S. The van der Waals surface area contributed by atoms with Crippen molar-refractivity contribution in [1.29, 1.82) is 0 Å². The highest BCUT2D eigenvalue weighted by Gasteiger charge is 2.24. The molecule has 0 aromatic heterocycles. The molecular weight excluding hydrogens is 402 g/mol. The molecule has 2 N–H and O–H groups in total. The maximum Gasteiger partial charge on any atom is 0.241 e. The highest BCUT2D eigenvalue weighted by molar-refractivity contribution is 7.89. The Morgan fingerprint density at radius 3 is 1.87 bits per heavy atom. The Bertz CT molecular complexity index is 850. The van der Waals surface area contributed by atoms with Gasteiger partial charge in [0.15, 0.2) is 0 Å². The third-order valence-electron chi connectivity index (χ3n) is 5.58. The van der Waals surface area contributed by atoms with Crippen molar-refractivity contribution in [2.45, 2.75) is 72.6 Å². The van der Waals surface area contributed by atoms with Crippen LogP contribution in [0.25, 0.3) is 0 Å². The van der Waals surface area contributed by atoms with E-state index in [1.165, 1.54) is 4.90 Å². The van der Waals surface area contributed by atoms with Gasteiger partial charge in [0, 0.05) is 26.1 Å². The first-order valence-corrected chi connectivity index (χ1v) is 12.1. The van der Waals surface area contributed by atoms with E-state index in [0.717, 1.165) is 40.7 Å². The number of carbonyl (C=O) groups is 2. The second-order valence-electron chi connectivity index (χ2n) is 7.77. The number of amides is 2. The molecule has 1 rings (SSSR count). The van der Waals surface area contributed by atoms with Crippen LogP contribution >= 0.6 is 0 Å². The molecule has 1 aromatic rings. The Morgan fingerprint density at radius 1 is 0.833 bits per heavy atom. The van der Waals surface area contributed by atoms with Crippen LogP contribution in [0.15, 0.2) is 4.90 Å². The molecule has 1 aromatic carbocycles. The van der Waals surface area contributed by atoms with Crippen LogP contribution in [0.3, 0.4) is 0 Å². The fourth-order valence-electron chi connectivity index (χ4n) is 3.45. The van der Waals surface area contributed by atoms with Crippen molar-refractivity contribution < 1.29 is 18.0 Å². The van der Waals surface area contributed by atoms with Gasteiger partial charge in [-0.2, -0.15) is 0 Å². The number of nitrogens with one attached hydrogen (secondary N) is 2. The zero-order valence-corrected chi connectivity index (χ0v) is 20.3. The number of carbonyl (C=O) groups excluding carboxylic acids is 2. The van der Waals surface area contributed by atoms with Crippen LogP contribution in [0.4, 0.5) is 0 Å². The van der Waals surface area contributed by atoms with Gasteiger partial charge in [-0.1, -0.05) is 13.8 Å². The summed E-state index contributed by atoms with van der Waals surface area (Å²) in [6.07, 6.45) is 1.55. The first-order chi connectivity index (χ1) is 14.0. The first kappa shape index (κ1) is 26.1. The van der Waals surface area contributed by atoms with Crippen molar-refractivity contribution in [2.75, 3.05) is 26.2 Å².